The van der Waals surface area contributed by atoms with Crippen molar-refractivity contribution in [2.45, 2.75) is 52.4 Å². The van der Waals surface area contributed by atoms with Crippen molar-refractivity contribution in [3.63, 3.8) is 0 Å². The number of unbranched alkanes of at least 4 members (excludes halogenated alkanes) is 1. The fraction of sp³-hybridized carbons (Fsp3) is 0.692. The monoisotopic (exact) mass is 295 g/mol. The Morgan fingerprint density at radius 3 is 2.44 bits per heavy atom. The maximum absolute atomic E-state index is 2.34. The summed E-state index contributed by atoms with van der Waals surface area (Å²) in [6, 6.07) is 0. The predicted molar refractivity (Wildman–Crippen MR) is 58.7 cm³/mol. The van der Waals surface area contributed by atoms with Gasteiger partial charge in [-0.25, -0.2) is 0 Å². The fourth-order valence-electron chi connectivity index (χ4n) is 2.00. The van der Waals surface area contributed by atoms with E-state index in [9.17, 15) is 0 Å². The molecule has 0 bridgehead atoms. The van der Waals surface area contributed by atoms with Crippen LogP contribution in [0.2, 0.25) is 0 Å². The molecule has 1 aliphatic rings. The first-order valence-corrected chi connectivity index (χ1v) is 6.66. The van der Waals surface area contributed by atoms with Gasteiger partial charge in [0.25, 0.3) is 0 Å². The summed E-state index contributed by atoms with van der Waals surface area (Å²) in [6.45, 7) is 4.61. The molecule has 0 saturated heterocycles. The summed E-state index contributed by atoms with van der Waals surface area (Å²) < 4.78 is 1.60. The molecule has 1 atom stereocenters. The van der Waals surface area contributed by atoms with Crippen LogP contribution >= 0.6 is 0 Å². The molecular formula is C13H21Cl2Ti. The van der Waals surface area contributed by atoms with Gasteiger partial charge in [-0.3, -0.25) is 0 Å². The molecule has 0 fully saturated rings. The van der Waals surface area contributed by atoms with E-state index in [-0.39, 0.29) is 24.8 Å². The molecule has 0 aliphatic heterocycles. The third-order valence-corrected chi connectivity index (χ3v) is 3.90. The number of rotatable bonds is 6. The minimum absolute atomic E-state index is 0. The van der Waals surface area contributed by atoms with Gasteiger partial charge in [0, 0.05) is 0 Å². The van der Waals surface area contributed by atoms with Crippen molar-refractivity contribution in [1.29, 1.82) is 0 Å². The van der Waals surface area contributed by atoms with Gasteiger partial charge in [-0.15, -0.1) is 0 Å². The summed E-state index contributed by atoms with van der Waals surface area (Å²) in [6.07, 6.45) is 12.6. The Hall–Kier alpha value is 0.774. The first-order chi connectivity index (χ1) is 6.77. The number of hydrogen-bond acceptors (Lipinski definition) is 0. The van der Waals surface area contributed by atoms with Gasteiger partial charge < -0.3 is 24.8 Å². The van der Waals surface area contributed by atoms with Crippen molar-refractivity contribution in [1.82, 2.24) is 0 Å². The number of hydrogen-bond donors (Lipinski definition) is 0. The van der Waals surface area contributed by atoms with E-state index in [1.807, 2.05) is 0 Å². The Bertz CT molecular complexity index is 234. The van der Waals surface area contributed by atoms with Crippen LogP contribution in [0, 0.1) is 5.92 Å². The Labute approximate surface area is 125 Å². The predicted octanol–water partition coefficient (Wildman–Crippen LogP) is -1.64. The van der Waals surface area contributed by atoms with Crippen LogP contribution < -0.4 is 24.8 Å². The molecular weight excluding hydrogens is 275 g/mol. The molecule has 1 unspecified atom stereocenters. The zero-order valence-corrected chi connectivity index (χ0v) is 13.3. The average molecular weight is 296 g/mol. The standard InChI is InChI=1S/C13H21.2ClH.Ti/c1-3-5-8-12(4-2)11-13-9-6-7-10-13;;;/h6,9,12H,3-5,7-8,11H2,1-2H3;2*1H;/q;;;+2/p-2. The molecule has 1 aliphatic carbocycles. The van der Waals surface area contributed by atoms with E-state index in [2.05, 4.69) is 46.4 Å². The van der Waals surface area contributed by atoms with Crippen molar-refractivity contribution in [3.8, 4) is 0 Å². The molecule has 0 heterocycles. The van der Waals surface area contributed by atoms with Crippen LogP contribution in [-0.2, 0) is 20.4 Å². The minimum Gasteiger partial charge on any atom is -1.00 e. The quantitative estimate of drug-likeness (QED) is 0.516. The largest absolute Gasteiger partial charge is 1.00 e. The third kappa shape index (κ3) is 6.50. The van der Waals surface area contributed by atoms with Crippen molar-refractivity contribution in [2.24, 2.45) is 5.92 Å². The second-order valence-electron chi connectivity index (χ2n) is 4.23. The maximum Gasteiger partial charge on any atom is -1.00 e. The second kappa shape index (κ2) is 10.9. The molecule has 1 rings (SSSR count). The van der Waals surface area contributed by atoms with E-state index in [4.69, 9.17) is 0 Å². The van der Waals surface area contributed by atoms with Gasteiger partial charge in [0.2, 0.25) is 0 Å². The van der Waals surface area contributed by atoms with Crippen molar-refractivity contribution >= 4 is 0 Å². The normalized spacial score (nSPS) is 15.8. The van der Waals surface area contributed by atoms with E-state index >= 15 is 0 Å². The minimum atomic E-state index is 0. The molecule has 3 heteroatoms. The van der Waals surface area contributed by atoms with Gasteiger partial charge in [-0.1, -0.05) is 0 Å². The smallest absolute Gasteiger partial charge is 1.00 e. The van der Waals surface area contributed by atoms with Crippen LogP contribution in [0.25, 0.3) is 0 Å². The molecule has 0 saturated carbocycles. The van der Waals surface area contributed by atoms with E-state index in [1.165, 1.54) is 38.5 Å². The second-order valence-corrected chi connectivity index (χ2v) is 5.17. The molecule has 0 aromatic rings. The first kappa shape index (κ1) is 19.1. The van der Waals surface area contributed by atoms with Crippen LogP contribution in [0.4, 0.5) is 0 Å². The summed E-state index contributed by atoms with van der Waals surface area (Å²) >= 11 is 2.28. The van der Waals surface area contributed by atoms with Gasteiger partial charge in [0.15, 0.2) is 0 Å². The first-order valence-electron chi connectivity index (χ1n) is 5.88. The van der Waals surface area contributed by atoms with Crippen molar-refractivity contribution in [3.05, 3.63) is 21.6 Å². The van der Waals surface area contributed by atoms with Crippen molar-refractivity contribution < 1.29 is 45.2 Å². The van der Waals surface area contributed by atoms with Gasteiger partial charge >= 0.3 is 100 Å². The molecule has 0 radical (unpaired) electrons. The van der Waals surface area contributed by atoms with Crippen LogP contribution in [0.1, 0.15) is 52.4 Å². The van der Waals surface area contributed by atoms with Crippen LogP contribution in [0.15, 0.2) is 21.6 Å². The number of halogens is 2. The van der Waals surface area contributed by atoms with E-state index in [0.717, 1.165) is 5.92 Å². The van der Waals surface area contributed by atoms with Gasteiger partial charge in [0.1, 0.15) is 0 Å². The summed E-state index contributed by atoms with van der Waals surface area (Å²) in [4.78, 5) is 0. The molecule has 0 N–H and O–H groups in total. The summed E-state index contributed by atoms with van der Waals surface area (Å²) in [5.74, 6) is 0.919. The van der Waals surface area contributed by atoms with E-state index in [0.29, 0.717) is 0 Å². The van der Waals surface area contributed by atoms with Gasteiger partial charge in [-0.05, 0) is 0 Å². The van der Waals surface area contributed by atoms with Crippen LogP contribution in [0.3, 0.4) is 0 Å². The molecule has 0 spiro atoms. The average Bonchev–Trinajstić information content (AvgIpc) is 2.59. The topological polar surface area (TPSA) is 0 Å². The Morgan fingerprint density at radius 1 is 1.31 bits per heavy atom. The Morgan fingerprint density at radius 2 is 2.00 bits per heavy atom. The summed E-state index contributed by atoms with van der Waals surface area (Å²) in [5, 5.41) is 0. The Kier molecular flexibility index (Phi) is 13.0. The molecule has 0 aromatic heterocycles. The van der Waals surface area contributed by atoms with Crippen LogP contribution in [0.5, 0.6) is 0 Å². The molecule has 16 heavy (non-hydrogen) atoms. The fourth-order valence-corrected chi connectivity index (χ4v) is 2.47. The molecule has 0 amide bonds. The SMILES string of the molecule is CCCCC(CC)CC1=[C]([Ti+2])CC=C1.[Cl-].[Cl-]. The maximum atomic E-state index is 2.34. The molecule has 0 aromatic carbocycles. The molecule has 91 valence electrons. The summed E-state index contributed by atoms with van der Waals surface area (Å²) in [7, 11) is 0. The summed E-state index contributed by atoms with van der Waals surface area (Å²) in [5.41, 5.74) is 1.62. The Balaban J connectivity index is 0. The number of allylic oxidation sites excluding steroid dienone is 4. The molecule has 0 nitrogen and oxygen atoms in total. The van der Waals surface area contributed by atoms with Gasteiger partial charge in [-0.2, -0.15) is 0 Å². The van der Waals surface area contributed by atoms with Crippen LogP contribution in [-0.4, -0.2) is 0 Å². The van der Waals surface area contributed by atoms with Crippen molar-refractivity contribution in [2.75, 3.05) is 0 Å². The van der Waals surface area contributed by atoms with E-state index < -0.39 is 0 Å². The van der Waals surface area contributed by atoms with E-state index in [1.54, 1.807) is 9.45 Å². The zero-order valence-electron chi connectivity index (χ0n) is 10.2. The third-order valence-electron chi connectivity index (χ3n) is 3.08. The zero-order chi connectivity index (χ0) is 10.4. The van der Waals surface area contributed by atoms with Gasteiger partial charge in [0.05, 0.1) is 0 Å².